The highest BCUT2D eigenvalue weighted by molar-refractivity contribution is 7.46. The van der Waals surface area contributed by atoms with Crippen molar-refractivity contribution in [2.75, 3.05) is 5.32 Å². The number of benzene rings is 1. The summed E-state index contributed by atoms with van der Waals surface area (Å²) in [5, 5.41) is 2.26. The Balaban J connectivity index is 1.88. The van der Waals surface area contributed by atoms with Crippen LogP contribution in [-0.4, -0.2) is 26.4 Å². The molecule has 1 aromatic carbocycles. The molecule has 3 rings (SSSR count). The predicted molar refractivity (Wildman–Crippen MR) is 111 cm³/mol. The van der Waals surface area contributed by atoms with Crippen LogP contribution < -0.4 is 15.6 Å². The van der Waals surface area contributed by atoms with E-state index in [9.17, 15) is 36.1 Å². The maximum atomic E-state index is 14.1. The Morgan fingerprint density at radius 1 is 1.20 bits per heavy atom. The van der Waals surface area contributed by atoms with Gasteiger partial charge in [-0.1, -0.05) is 0 Å². The number of carbonyl (C=O) groups is 1. The molecule has 0 radical (unpaired) electrons. The number of hydrogen-bond donors (Lipinski definition) is 3. The van der Waals surface area contributed by atoms with Gasteiger partial charge in [-0.15, -0.1) is 0 Å². The van der Waals surface area contributed by atoms with E-state index in [1.54, 1.807) is 0 Å². The maximum absolute atomic E-state index is 14.1. The molecule has 3 N–H and O–H groups in total. The van der Waals surface area contributed by atoms with E-state index >= 15 is 0 Å². The average molecular weight is 522 g/mol. The quantitative estimate of drug-likeness (QED) is 0.370. The number of alkyl halides is 4. The first-order valence-electron chi connectivity index (χ1n) is 9.54. The number of allylic oxidation sites excluding steroid dienone is 4. The molecule has 15 heteroatoms. The summed E-state index contributed by atoms with van der Waals surface area (Å²) in [5.41, 5.74) is -2.59. The van der Waals surface area contributed by atoms with Crippen LogP contribution in [0.3, 0.4) is 0 Å². The Morgan fingerprint density at radius 3 is 2.51 bits per heavy atom. The molecule has 35 heavy (non-hydrogen) atoms. The first-order valence-corrected chi connectivity index (χ1v) is 11.1. The number of aromatic nitrogens is 1. The van der Waals surface area contributed by atoms with Gasteiger partial charge in [0, 0.05) is 24.4 Å². The van der Waals surface area contributed by atoms with E-state index < -0.39 is 73.3 Å². The highest BCUT2D eigenvalue weighted by Gasteiger charge is 2.33. The summed E-state index contributed by atoms with van der Waals surface area (Å²) in [6, 6.07) is 3.88. The zero-order valence-corrected chi connectivity index (χ0v) is 18.2. The highest BCUT2D eigenvalue weighted by atomic mass is 31.2. The van der Waals surface area contributed by atoms with Crippen LogP contribution in [0, 0.1) is 0 Å². The van der Waals surface area contributed by atoms with Crippen molar-refractivity contribution < 1.29 is 50.4 Å². The minimum atomic E-state index is -4.85. The zero-order chi connectivity index (χ0) is 26.0. The number of ether oxygens (including phenoxy) is 1. The third kappa shape index (κ3) is 7.09. The number of nitrogens with one attached hydrogen (secondary N) is 1. The van der Waals surface area contributed by atoms with Gasteiger partial charge in [-0.25, -0.2) is 13.3 Å². The van der Waals surface area contributed by atoms with Gasteiger partial charge in [0.2, 0.25) is 0 Å². The molecule has 1 aliphatic carbocycles. The molecule has 0 bridgehead atoms. The molecule has 1 aliphatic rings. The van der Waals surface area contributed by atoms with Crippen LogP contribution in [0.5, 0.6) is 5.75 Å². The lowest BCUT2D eigenvalue weighted by Crippen LogP contribution is -2.22. The molecule has 9 nitrogen and oxygen atoms in total. The SMILES string of the molecule is O=C(Nc1ccn(COP(=O)(O)O)c(=O)c1)c1ccc(C(F)(F)F)cc1OC1=CC=C(F)CC1F. The molecule has 1 aromatic heterocycles. The summed E-state index contributed by atoms with van der Waals surface area (Å²) >= 11 is 0. The van der Waals surface area contributed by atoms with E-state index in [1.165, 1.54) is 0 Å². The Morgan fingerprint density at radius 2 is 1.91 bits per heavy atom. The van der Waals surface area contributed by atoms with Gasteiger partial charge < -0.3 is 19.8 Å². The summed E-state index contributed by atoms with van der Waals surface area (Å²) < 4.78 is 87.8. The highest BCUT2D eigenvalue weighted by Crippen LogP contribution is 2.36. The number of pyridine rings is 1. The van der Waals surface area contributed by atoms with E-state index in [0.29, 0.717) is 12.1 Å². The monoisotopic (exact) mass is 522 g/mol. The molecule has 1 atom stereocenters. The first kappa shape index (κ1) is 26.3. The molecule has 2 aromatic rings. The fourth-order valence-corrected chi connectivity index (χ4v) is 3.12. The van der Waals surface area contributed by atoms with Crippen LogP contribution in [0.15, 0.2) is 65.1 Å². The number of amides is 1. The number of carbonyl (C=O) groups excluding carboxylic acids is 1. The van der Waals surface area contributed by atoms with Crippen LogP contribution >= 0.6 is 7.82 Å². The Hall–Kier alpha value is -3.32. The van der Waals surface area contributed by atoms with E-state index in [4.69, 9.17) is 14.5 Å². The first-order chi connectivity index (χ1) is 16.2. The average Bonchev–Trinajstić information content (AvgIpc) is 2.73. The standard InChI is InChI=1S/C20H16F5N2O7P/c21-12-2-4-16(15(22)8-12)34-17-7-11(20(23,24)25)1-3-14(17)19(29)26-13-5-6-27(18(28)9-13)10-33-35(30,31)32/h1-7,9,15H,8,10H2,(H,26,29)(H2,30,31,32). The van der Waals surface area contributed by atoms with Gasteiger partial charge in [0.1, 0.15) is 24.1 Å². The summed E-state index contributed by atoms with van der Waals surface area (Å²) in [6.07, 6.45) is -4.68. The second-order valence-corrected chi connectivity index (χ2v) is 8.33. The number of phosphoric ester groups is 1. The summed E-state index contributed by atoms with van der Waals surface area (Å²) in [7, 11) is -4.85. The van der Waals surface area contributed by atoms with Gasteiger partial charge in [0.15, 0.2) is 6.17 Å². The van der Waals surface area contributed by atoms with Gasteiger partial charge in [-0.3, -0.25) is 18.7 Å². The van der Waals surface area contributed by atoms with Crippen LogP contribution in [0.25, 0.3) is 0 Å². The number of hydrogen-bond acceptors (Lipinski definition) is 5. The van der Waals surface area contributed by atoms with Crippen LogP contribution in [0.1, 0.15) is 22.3 Å². The van der Waals surface area contributed by atoms with Gasteiger partial charge in [-0.2, -0.15) is 13.2 Å². The van der Waals surface area contributed by atoms with E-state index in [2.05, 4.69) is 9.84 Å². The van der Waals surface area contributed by atoms with Crippen LogP contribution in [0.4, 0.5) is 27.6 Å². The van der Waals surface area contributed by atoms with Gasteiger partial charge in [-0.05, 0) is 36.4 Å². The maximum Gasteiger partial charge on any atom is 0.471 e. The Bertz CT molecular complexity index is 1300. The molecule has 0 saturated carbocycles. The van der Waals surface area contributed by atoms with Crippen molar-refractivity contribution in [1.82, 2.24) is 4.57 Å². The van der Waals surface area contributed by atoms with Crippen molar-refractivity contribution in [2.45, 2.75) is 25.5 Å². The van der Waals surface area contributed by atoms with E-state index in [-0.39, 0.29) is 5.69 Å². The molecular formula is C20H16F5N2O7P. The minimum absolute atomic E-state index is 0.122. The molecule has 0 aliphatic heterocycles. The molecule has 1 heterocycles. The third-order valence-electron chi connectivity index (χ3n) is 4.51. The van der Waals surface area contributed by atoms with Crippen molar-refractivity contribution in [2.24, 2.45) is 0 Å². The molecule has 1 unspecified atom stereocenters. The van der Waals surface area contributed by atoms with Crippen molar-refractivity contribution in [3.05, 3.63) is 81.7 Å². The van der Waals surface area contributed by atoms with E-state index in [1.807, 2.05) is 0 Å². The zero-order valence-electron chi connectivity index (χ0n) is 17.3. The molecule has 0 saturated heterocycles. The third-order valence-corrected chi connectivity index (χ3v) is 4.96. The number of rotatable bonds is 7. The fourth-order valence-electron chi connectivity index (χ4n) is 2.84. The van der Waals surface area contributed by atoms with Gasteiger partial charge in [0.25, 0.3) is 11.5 Å². The lowest BCUT2D eigenvalue weighted by molar-refractivity contribution is -0.137. The summed E-state index contributed by atoms with van der Waals surface area (Å²) in [6.45, 7) is -0.789. The second kappa shape index (κ2) is 10.1. The van der Waals surface area contributed by atoms with Gasteiger partial charge in [0.05, 0.1) is 11.1 Å². The topological polar surface area (TPSA) is 127 Å². The lowest BCUT2D eigenvalue weighted by atomic mass is 10.1. The summed E-state index contributed by atoms with van der Waals surface area (Å²) in [5.74, 6) is -2.99. The predicted octanol–water partition coefficient (Wildman–Crippen LogP) is 4.04. The fraction of sp³-hybridized carbons (Fsp3) is 0.200. The van der Waals surface area contributed by atoms with E-state index in [0.717, 1.165) is 41.1 Å². The number of anilines is 1. The number of nitrogens with zero attached hydrogens (tertiary/aromatic N) is 1. The van der Waals surface area contributed by atoms with Crippen LogP contribution in [-0.2, 0) is 22.0 Å². The molecule has 0 fully saturated rings. The number of phosphoric acid groups is 1. The minimum Gasteiger partial charge on any atom is -0.458 e. The van der Waals surface area contributed by atoms with Crippen molar-refractivity contribution >= 4 is 19.4 Å². The van der Waals surface area contributed by atoms with Crippen LogP contribution in [0.2, 0.25) is 0 Å². The smallest absolute Gasteiger partial charge is 0.458 e. The molecule has 1 amide bonds. The van der Waals surface area contributed by atoms with Crippen molar-refractivity contribution in [3.63, 3.8) is 0 Å². The molecule has 0 spiro atoms. The lowest BCUT2D eigenvalue weighted by Gasteiger charge is -2.19. The van der Waals surface area contributed by atoms with Crippen molar-refractivity contribution in [3.8, 4) is 5.75 Å². The Labute approximate surface area is 193 Å². The summed E-state index contributed by atoms with van der Waals surface area (Å²) in [4.78, 5) is 42.2. The number of halogens is 5. The molecular weight excluding hydrogens is 506 g/mol. The van der Waals surface area contributed by atoms with Crippen molar-refractivity contribution in [1.29, 1.82) is 0 Å². The largest absolute Gasteiger partial charge is 0.471 e. The molecule has 188 valence electrons. The second-order valence-electron chi connectivity index (χ2n) is 7.09. The Kier molecular flexibility index (Phi) is 7.60. The van der Waals surface area contributed by atoms with Gasteiger partial charge >= 0.3 is 14.0 Å². The normalized spacial score (nSPS) is 16.4.